The van der Waals surface area contributed by atoms with Crippen molar-refractivity contribution < 1.29 is 28.6 Å². The van der Waals surface area contributed by atoms with Gasteiger partial charge in [-0.15, -0.1) is 0 Å². The Kier molecular flexibility index (Phi) is 5.63. The number of anilines is 1. The Morgan fingerprint density at radius 2 is 1.68 bits per heavy atom. The van der Waals surface area contributed by atoms with Crippen molar-refractivity contribution in [3.8, 4) is 0 Å². The smallest absolute Gasteiger partial charge is 0.324 e. The van der Waals surface area contributed by atoms with Crippen LogP contribution in [0.3, 0.4) is 0 Å². The Bertz CT molecular complexity index is 739. The van der Waals surface area contributed by atoms with E-state index in [0.717, 1.165) is 11.3 Å². The molecule has 1 aliphatic carbocycles. The van der Waals surface area contributed by atoms with Gasteiger partial charge in [-0.3, -0.25) is 14.4 Å². The van der Waals surface area contributed by atoms with Gasteiger partial charge in [-0.05, 0) is 44.4 Å². The lowest BCUT2D eigenvalue weighted by Gasteiger charge is -2.51. The first-order valence-electron chi connectivity index (χ1n) is 9.69. The molecule has 0 bridgehead atoms. The molecule has 3 atom stereocenters. The van der Waals surface area contributed by atoms with Crippen molar-refractivity contribution in [1.82, 2.24) is 0 Å². The molecule has 1 heterocycles. The summed E-state index contributed by atoms with van der Waals surface area (Å²) in [6.07, 6.45) is 0.363. The fourth-order valence-corrected chi connectivity index (χ4v) is 4.33. The highest BCUT2D eigenvalue weighted by Gasteiger charge is 2.66. The second kappa shape index (κ2) is 7.81. The molecule has 1 saturated carbocycles. The van der Waals surface area contributed by atoms with E-state index in [1.165, 1.54) is 0 Å². The molecule has 1 aliphatic heterocycles. The Labute approximate surface area is 164 Å². The van der Waals surface area contributed by atoms with E-state index in [2.05, 4.69) is 0 Å². The Hall–Kier alpha value is -2.57. The third-order valence-electron chi connectivity index (χ3n) is 5.70. The molecule has 1 aromatic rings. The van der Waals surface area contributed by atoms with Crippen LogP contribution in [0.15, 0.2) is 24.3 Å². The van der Waals surface area contributed by atoms with Gasteiger partial charge >= 0.3 is 17.9 Å². The zero-order valence-electron chi connectivity index (χ0n) is 16.8. The van der Waals surface area contributed by atoms with Crippen LogP contribution in [-0.2, 0) is 28.6 Å². The number of esters is 3. The molecule has 0 unspecified atom stereocenters. The lowest BCUT2D eigenvalue weighted by Crippen LogP contribution is -2.61. The summed E-state index contributed by atoms with van der Waals surface area (Å²) in [5, 5.41) is 0. The molecule has 2 fully saturated rings. The fraction of sp³-hybridized carbons (Fsp3) is 0.571. The van der Waals surface area contributed by atoms with Crippen LogP contribution in [0.1, 0.15) is 38.2 Å². The van der Waals surface area contributed by atoms with Crippen molar-refractivity contribution in [1.29, 1.82) is 0 Å². The lowest BCUT2D eigenvalue weighted by molar-refractivity contribution is -0.208. The molecule has 0 spiro atoms. The maximum absolute atomic E-state index is 13.1. The van der Waals surface area contributed by atoms with E-state index < -0.39 is 29.2 Å². The summed E-state index contributed by atoms with van der Waals surface area (Å²) < 4.78 is 15.9. The second-order valence-electron chi connectivity index (χ2n) is 7.42. The third-order valence-corrected chi connectivity index (χ3v) is 5.70. The highest BCUT2D eigenvalue weighted by atomic mass is 16.6. The van der Waals surface area contributed by atoms with Gasteiger partial charge in [0.1, 0.15) is 12.0 Å². The van der Waals surface area contributed by atoms with Crippen LogP contribution in [0.4, 0.5) is 5.69 Å². The van der Waals surface area contributed by atoms with Crippen molar-refractivity contribution in [3.05, 3.63) is 29.8 Å². The predicted molar refractivity (Wildman–Crippen MR) is 102 cm³/mol. The lowest BCUT2D eigenvalue weighted by atomic mass is 9.56. The molecular weight excluding hydrogens is 362 g/mol. The third kappa shape index (κ3) is 3.12. The Balaban J connectivity index is 2.12. The van der Waals surface area contributed by atoms with Gasteiger partial charge in [0.25, 0.3) is 0 Å². The van der Waals surface area contributed by atoms with Crippen LogP contribution in [0.5, 0.6) is 0 Å². The summed E-state index contributed by atoms with van der Waals surface area (Å²) in [6, 6.07) is 7.54. The van der Waals surface area contributed by atoms with Crippen molar-refractivity contribution >= 4 is 23.6 Å². The monoisotopic (exact) mass is 389 g/mol. The quantitative estimate of drug-likeness (QED) is 0.419. The molecule has 2 aliphatic rings. The van der Waals surface area contributed by atoms with Crippen LogP contribution in [-0.4, -0.2) is 51.3 Å². The molecule has 3 rings (SSSR count). The number of ether oxygens (including phenoxy) is 3. The first-order chi connectivity index (χ1) is 13.4. The van der Waals surface area contributed by atoms with Crippen molar-refractivity contribution in [2.24, 2.45) is 11.3 Å². The zero-order chi connectivity index (χ0) is 20.5. The second-order valence-corrected chi connectivity index (χ2v) is 7.42. The predicted octanol–water partition coefficient (Wildman–Crippen LogP) is 2.28. The van der Waals surface area contributed by atoms with Gasteiger partial charge in [-0.2, -0.15) is 0 Å². The number of carbonyl (C=O) groups excluding carboxylic acids is 3. The molecule has 152 valence electrons. The summed E-state index contributed by atoms with van der Waals surface area (Å²) in [6.45, 7) is 3.68. The van der Waals surface area contributed by atoms with Crippen molar-refractivity contribution in [2.75, 3.05) is 32.2 Å². The standard InChI is InChI=1S/C21H27NO6/c1-5-26-19(24)21(20(25)27-6-2)12-11-15-16(18(23)28-15)17(21)13-7-9-14(10-8-13)22(3)4/h7-10,15-17H,5-6,11-12H2,1-4H3/t15-,16-,17+/m1/s1. The van der Waals surface area contributed by atoms with Crippen LogP contribution < -0.4 is 4.90 Å². The van der Waals surface area contributed by atoms with Gasteiger partial charge in [0.2, 0.25) is 0 Å². The first kappa shape index (κ1) is 20.2. The number of carbonyl (C=O) groups is 3. The van der Waals surface area contributed by atoms with Crippen LogP contribution in [0.2, 0.25) is 0 Å². The van der Waals surface area contributed by atoms with E-state index in [-0.39, 0.29) is 31.7 Å². The molecular formula is C21H27NO6. The Morgan fingerprint density at radius 1 is 1.11 bits per heavy atom. The van der Waals surface area contributed by atoms with E-state index in [1.54, 1.807) is 13.8 Å². The van der Waals surface area contributed by atoms with Gasteiger partial charge in [0, 0.05) is 25.7 Å². The minimum atomic E-state index is -1.55. The van der Waals surface area contributed by atoms with E-state index in [4.69, 9.17) is 14.2 Å². The van der Waals surface area contributed by atoms with Crippen LogP contribution in [0.25, 0.3) is 0 Å². The number of benzene rings is 1. The van der Waals surface area contributed by atoms with E-state index in [0.29, 0.717) is 6.42 Å². The van der Waals surface area contributed by atoms with Gasteiger partial charge in [0.15, 0.2) is 5.41 Å². The minimum absolute atomic E-state index is 0.144. The van der Waals surface area contributed by atoms with E-state index >= 15 is 0 Å². The highest BCUT2D eigenvalue weighted by molar-refractivity contribution is 6.03. The number of rotatable bonds is 6. The summed E-state index contributed by atoms with van der Waals surface area (Å²) in [5.41, 5.74) is 0.162. The molecule has 7 heteroatoms. The Morgan fingerprint density at radius 3 is 2.14 bits per heavy atom. The van der Waals surface area contributed by atoms with Gasteiger partial charge in [-0.25, -0.2) is 0 Å². The summed E-state index contributed by atoms with van der Waals surface area (Å²) in [7, 11) is 3.85. The zero-order valence-corrected chi connectivity index (χ0v) is 16.8. The SMILES string of the molecule is CCOC(=O)C1(C(=O)OCC)CC[C@H]2OC(=O)[C@H]2[C@@H]1c1ccc(N(C)C)cc1. The molecule has 0 N–H and O–H groups in total. The fourth-order valence-electron chi connectivity index (χ4n) is 4.33. The maximum atomic E-state index is 13.1. The van der Waals surface area contributed by atoms with Crippen LogP contribution >= 0.6 is 0 Å². The summed E-state index contributed by atoms with van der Waals surface area (Å²) in [4.78, 5) is 40.5. The van der Waals surface area contributed by atoms with E-state index in [9.17, 15) is 14.4 Å². The average molecular weight is 389 g/mol. The molecule has 0 amide bonds. The number of fused-ring (bicyclic) bond motifs is 1. The van der Waals surface area contributed by atoms with Crippen molar-refractivity contribution in [3.63, 3.8) is 0 Å². The number of hydrogen-bond acceptors (Lipinski definition) is 7. The van der Waals surface area contributed by atoms with Crippen LogP contribution in [0, 0.1) is 11.3 Å². The summed E-state index contributed by atoms with van der Waals surface area (Å²) >= 11 is 0. The summed E-state index contributed by atoms with van der Waals surface area (Å²) in [5.74, 6) is -2.89. The molecule has 1 saturated heterocycles. The highest BCUT2D eigenvalue weighted by Crippen LogP contribution is 2.56. The molecule has 0 aromatic heterocycles. The maximum Gasteiger partial charge on any atom is 0.324 e. The van der Waals surface area contributed by atoms with Crippen molar-refractivity contribution in [2.45, 2.75) is 38.7 Å². The molecule has 28 heavy (non-hydrogen) atoms. The molecule has 7 nitrogen and oxygen atoms in total. The van der Waals surface area contributed by atoms with E-state index in [1.807, 2.05) is 43.3 Å². The van der Waals surface area contributed by atoms with Gasteiger partial charge < -0.3 is 19.1 Å². The number of nitrogens with zero attached hydrogens (tertiary/aromatic N) is 1. The molecule has 1 aromatic carbocycles. The molecule has 0 radical (unpaired) electrons. The number of hydrogen-bond donors (Lipinski definition) is 0. The largest absolute Gasteiger partial charge is 0.465 e. The normalized spacial score (nSPS) is 25.0. The topological polar surface area (TPSA) is 82.1 Å². The average Bonchev–Trinajstić information content (AvgIpc) is 2.67. The van der Waals surface area contributed by atoms with Gasteiger partial charge in [-0.1, -0.05) is 12.1 Å². The minimum Gasteiger partial charge on any atom is -0.465 e. The van der Waals surface area contributed by atoms with Gasteiger partial charge in [0.05, 0.1) is 13.2 Å². The first-order valence-corrected chi connectivity index (χ1v) is 9.69.